The van der Waals surface area contributed by atoms with E-state index in [1.54, 1.807) is 13.3 Å². The third-order valence-corrected chi connectivity index (χ3v) is 7.88. The van der Waals surface area contributed by atoms with Gasteiger partial charge in [0.05, 0.1) is 18.7 Å². The van der Waals surface area contributed by atoms with E-state index >= 15 is 0 Å². The van der Waals surface area contributed by atoms with Crippen molar-refractivity contribution in [3.8, 4) is 5.75 Å². The number of hydrogen-bond donors (Lipinski definition) is 2. The maximum Gasteiger partial charge on any atom is 0.303 e. The molecule has 6 nitrogen and oxygen atoms in total. The number of rotatable bonds is 12. The monoisotopic (exact) mass is 504 g/mol. The van der Waals surface area contributed by atoms with Gasteiger partial charge >= 0.3 is 5.97 Å². The number of piperidine rings is 1. The Hall–Kier alpha value is -2.96. The summed E-state index contributed by atoms with van der Waals surface area (Å²) in [5.41, 5.74) is 4.40. The average Bonchev–Trinajstić information content (AvgIpc) is 2.90. The van der Waals surface area contributed by atoms with Gasteiger partial charge in [0.25, 0.3) is 0 Å². The molecule has 6 heteroatoms. The molecule has 37 heavy (non-hydrogen) atoms. The zero-order valence-electron chi connectivity index (χ0n) is 22.1. The molecule has 198 valence electrons. The van der Waals surface area contributed by atoms with Crippen molar-refractivity contribution in [3.63, 3.8) is 0 Å². The van der Waals surface area contributed by atoms with E-state index in [0.29, 0.717) is 24.7 Å². The van der Waals surface area contributed by atoms with Crippen LogP contribution in [-0.2, 0) is 11.2 Å². The summed E-state index contributed by atoms with van der Waals surface area (Å²) >= 11 is 0. The van der Waals surface area contributed by atoms with E-state index < -0.39 is 12.1 Å². The lowest BCUT2D eigenvalue weighted by atomic mass is 9.79. The fourth-order valence-corrected chi connectivity index (χ4v) is 5.84. The molecule has 2 aromatic carbocycles. The number of carboxylic acids is 1. The first-order valence-electron chi connectivity index (χ1n) is 13.5. The molecule has 0 aliphatic carbocycles. The lowest BCUT2D eigenvalue weighted by molar-refractivity contribution is -0.137. The normalized spacial score (nSPS) is 19.1. The molecule has 1 saturated heterocycles. The molecular formula is C31H40N2O4. The molecule has 4 rings (SSSR count). The molecule has 0 saturated carbocycles. The van der Waals surface area contributed by atoms with Gasteiger partial charge < -0.3 is 19.8 Å². The van der Waals surface area contributed by atoms with E-state index in [2.05, 4.69) is 41.1 Å². The van der Waals surface area contributed by atoms with Crippen molar-refractivity contribution in [2.45, 2.75) is 58.0 Å². The quantitative estimate of drug-likeness (QED) is 0.324. The predicted molar refractivity (Wildman–Crippen MR) is 147 cm³/mol. The minimum Gasteiger partial charge on any atom is -0.497 e. The molecule has 2 N–H and O–H groups in total. The highest BCUT2D eigenvalue weighted by atomic mass is 16.5. The Bertz CT molecular complexity index is 1180. The standard InChI is InChI=1S/C31H40N2O4/c1-22-5-3-6-23(19-22)7-4-17-33-18-15-24(25(21-33)9-13-31(35)36)8-12-30(34)27-14-16-32-29-11-10-26(37-2)20-28(27)29/h3,5-6,10-11,14,16,19-20,24-25,30,34H,4,7-9,12-13,15,17-18,21H2,1-2H3,(H,35,36)/t24?,25?,30-/m0/s1. The molecule has 1 aliphatic heterocycles. The highest BCUT2D eigenvalue weighted by molar-refractivity contribution is 5.83. The number of carboxylic acid groups (broad SMARTS) is 1. The molecule has 3 atom stereocenters. The van der Waals surface area contributed by atoms with Gasteiger partial charge in [0.15, 0.2) is 0 Å². The highest BCUT2D eigenvalue weighted by Crippen LogP contribution is 2.35. The van der Waals surface area contributed by atoms with Crippen molar-refractivity contribution in [2.24, 2.45) is 11.8 Å². The van der Waals surface area contributed by atoms with E-state index in [1.165, 1.54) is 11.1 Å². The van der Waals surface area contributed by atoms with E-state index in [1.807, 2.05) is 24.3 Å². The van der Waals surface area contributed by atoms with Gasteiger partial charge in [0.2, 0.25) is 0 Å². The third-order valence-electron chi connectivity index (χ3n) is 7.88. The summed E-state index contributed by atoms with van der Waals surface area (Å²) in [6.07, 6.45) is 6.81. The number of aliphatic hydroxyl groups is 1. The van der Waals surface area contributed by atoms with Gasteiger partial charge in [-0.3, -0.25) is 9.78 Å². The van der Waals surface area contributed by atoms with Gasteiger partial charge in [-0.05, 0) is 106 Å². The fraction of sp³-hybridized carbons (Fsp3) is 0.484. The topological polar surface area (TPSA) is 82.9 Å². The number of ether oxygens (including phenoxy) is 1. The van der Waals surface area contributed by atoms with E-state index in [9.17, 15) is 15.0 Å². The number of benzene rings is 2. The summed E-state index contributed by atoms with van der Waals surface area (Å²) in [6, 6.07) is 16.3. The van der Waals surface area contributed by atoms with Gasteiger partial charge in [-0.15, -0.1) is 0 Å². The van der Waals surface area contributed by atoms with Gasteiger partial charge in [0.1, 0.15) is 5.75 Å². The van der Waals surface area contributed by atoms with Crippen molar-refractivity contribution < 1.29 is 19.7 Å². The maximum absolute atomic E-state index is 11.3. The molecule has 0 radical (unpaired) electrons. The van der Waals surface area contributed by atoms with E-state index in [0.717, 1.165) is 67.5 Å². The lowest BCUT2D eigenvalue weighted by Gasteiger charge is -2.39. The molecule has 3 aromatic rings. The first-order valence-corrected chi connectivity index (χ1v) is 13.5. The molecule has 1 aliphatic rings. The SMILES string of the molecule is COc1ccc2nccc([C@@H](O)CCC3CCN(CCCc4cccc(C)c4)CC3CCC(=O)O)c2c1. The van der Waals surface area contributed by atoms with Crippen LogP contribution in [0.15, 0.2) is 54.7 Å². The summed E-state index contributed by atoms with van der Waals surface area (Å²) < 4.78 is 5.38. The number of hydrogen-bond acceptors (Lipinski definition) is 5. The zero-order chi connectivity index (χ0) is 26.2. The first-order chi connectivity index (χ1) is 17.9. The molecule has 2 heterocycles. The van der Waals surface area contributed by atoms with Crippen LogP contribution in [0.4, 0.5) is 0 Å². The summed E-state index contributed by atoms with van der Waals surface area (Å²) in [5, 5.41) is 21.4. The Balaban J connectivity index is 1.35. The second kappa shape index (κ2) is 13.0. The largest absolute Gasteiger partial charge is 0.497 e. The number of likely N-dealkylation sites (tertiary alicyclic amines) is 1. The van der Waals surface area contributed by atoms with Gasteiger partial charge in [-0.2, -0.15) is 0 Å². The Morgan fingerprint density at radius 1 is 1.16 bits per heavy atom. The Kier molecular flexibility index (Phi) is 9.53. The van der Waals surface area contributed by atoms with Crippen molar-refractivity contribution in [3.05, 3.63) is 71.4 Å². The molecular weight excluding hydrogens is 464 g/mol. The third kappa shape index (κ3) is 7.53. The minimum atomic E-state index is -0.729. The number of aliphatic carboxylic acids is 1. The number of methoxy groups -OCH3 is 1. The van der Waals surface area contributed by atoms with Crippen LogP contribution in [0, 0.1) is 18.8 Å². The summed E-state index contributed by atoms with van der Waals surface area (Å²) in [4.78, 5) is 18.3. The summed E-state index contributed by atoms with van der Waals surface area (Å²) in [5.74, 6) is 0.778. The second-order valence-corrected chi connectivity index (χ2v) is 10.5. The van der Waals surface area contributed by atoms with Crippen LogP contribution in [0.1, 0.15) is 61.3 Å². The van der Waals surface area contributed by atoms with Crippen LogP contribution in [0.3, 0.4) is 0 Å². The molecule has 0 amide bonds. The van der Waals surface area contributed by atoms with Crippen LogP contribution >= 0.6 is 0 Å². The number of carbonyl (C=O) groups is 1. The number of aryl methyl sites for hydroxylation is 2. The Morgan fingerprint density at radius 3 is 2.81 bits per heavy atom. The van der Waals surface area contributed by atoms with Gasteiger partial charge in [0, 0.05) is 24.5 Å². The average molecular weight is 505 g/mol. The van der Waals surface area contributed by atoms with Crippen LogP contribution in [0.2, 0.25) is 0 Å². The number of aliphatic hydroxyl groups excluding tert-OH is 1. The molecule has 0 spiro atoms. The number of fused-ring (bicyclic) bond motifs is 1. The fourth-order valence-electron chi connectivity index (χ4n) is 5.84. The predicted octanol–water partition coefficient (Wildman–Crippen LogP) is 5.80. The summed E-state index contributed by atoms with van der Waals surface area (Å²) in [7, 11) is 1.64. The number of aromatic nitrogens is 1. The van der Waals surface area contributed by atoms with Crippen LogP contribution in [0.5, 0.6) is 5.75 Å². The van der Waals surface area contributed by atoms with Gasteiger partial charge in [-0.1, -0.05) is 29.8 Å². The highest BCUT2D eigenvalue weighted by Gasteiger charge is 2.30. The smallest absolute Gasteiger partial charge is 0.303 e. The summed E-state index contributed by atoms with van der Waals surface area (Å²) in [6.45, 7) is 5.15. The van der Waals surface area contributed by atoms with Crippen LogP contribution in [0.25, 0.3) is 10.9 Å². The minimum absolute atomic E-state index is 0.204. The maximum atomic E-state index is 11.3. The van der Waals surface area contributed by atoms with Crippen molar-refractivity contribution in [1.29, 1.82) is 0 Å². The zero-order valence-corrected chi connectivity index (χ0v) is 22.1. The first kappa shape index (κ1) is 27.1. The van der Waals surface area contributed by atoms with Crippen molar-refractivity contribution >= 4 is 16.9 Å². The Morgan fingerprint density at radius 2 is 2.03 bits per heavy atom. The molecule has 2 unspecified atom stereocenters. The van der Waals surface area contributed by atoms with E-state index in [4.69, 9.17) is 4.74 Å². The van der Waals surface area contributed by atoms with Crippen molar-refractivity contribution in [2.75, 3.05) is 26.7 Å². The number of nitrogens with zero attached hydrogens (tertiary/aromatic N) is 2. The molecule has 1 aromatic heterocycles. The number of pyridine rings is 1. The van der Waals surface area contributed by atoms with Crippen LogP contribution in [-0.4, -0.2) is 52.8 Å². The Labute approximate surface area is 220 Å². The lowest BCUT2D eigenvalue weighted by Crippen LogP contribution is -2.41. The van der Waals surface area contributed by atoms with Crippen LogP contribution < -0.4 is 4.74 Å². The molecule has 1 fully saturated rings. The van der Waals surface area contributed by atoms with Crippen molar-refractivity contribution in [1.82, 2.24) is 9.88 Å². The molecule has 0 bridgehead atoms. The second-order valence-electron chi connectivity index (χ2n) is 10.5. The van der Waals surface area contributed by atoms with E-state index in [-0.39, 0.29) is 6.42 Å². The van der Waals surface area contributed by atoms with Gasteiger partial charge in [-0.25, -0.2) is 0 Å².